The van der Waals surface area contributed by atoms with Crippen LogP contribution in [0.3, 0.4) is 0 Å². The number of nitro groups is 1. The molecule has 2 aromatic carbocycles. The first-order valence-electron chi connectivity index (χ1n) is 10.7. The summed E-state index contributed by atoms with van der Waals surface area (Å²) in [6.07, 6.45) is -0.554. The van der Waals surface area contributed by atoms with Crippen molar-refractivity contribution in [3.63, 3.8) is 0 Å². The Bertz CT molecular complexity index is 933. The van der Waals surface area contributed by atoms with Gasteiger partial charge in [0.25, 0.3) is 5.69 Å². The number of methoxy groups -OCH3 is 2. The van der Waals surface area contributed by atoms with Crippen LogP contribution >= 0.6 is 0 Å². The lowest BCUT2D eigenvalue weighted by molar-refractivity contribution is -0.384. The fraction of sp³-hybridized carbons (Fsp3) is 0.455. The van der Waals surface area contributed by atoms with Gasteiger partial charge < -0.3 is 44.8 Å². The third kappa shape index (κ3) is 7.35. The fourth-order valence-corrected chi connectivity index (χ4v) is 3.20. The number of hydrogen-bond acceptors (Lipinski definition) is 11. The summed E-state index contributed by atoms with van der Waals surface area (Å²) in [5.41, 5.74) is 7.72. The summed E-state index contributed by atoms with van der Waals surface area (Å²) in [6, 6.07) is 10.0. The van der Waals surface area contributed by atoms with Gasteiger partial charge in [0.2, 0.25) is 0 Å². The fourth-order valence-electron chi connectivity index (χ4n) is 3.20. The third-order valence-electron chi connectivity index (χ3n) is 4.96. The molecule has 34 heavy (non-hydrogen) atoms. The number of anilines is 3. The molecule has 0 unspecified atom stereocenters. The van der Waals surface area contributed by atoms with Gasteiger partial charge >= 0.3 is 0 Å². The minimum atomic E-state index is -0.446. The summed E-state index contributed by atoms with van der Waals surface area (Å²) in [7, 11) is 3.13. The molecule has 0 bridgehead atoms. The zero-order valence-electron chi connectivity index (χ0n) is 19.2. The van der Waals surface area contributed by atoms with Crippen LogP contribution in [0.5, 0.6) is 11.5 Å². The zero-order chi connectivity index (χ0) is 24.3. The molecule has 2 aliphatic heterocycles. The average molecular weight is 479 g/mol. The van der Waals surface area contributed by atoms with Gasteiger partial charge in [-0.05, 0) is 18.2 Å². The Morgan fingerprint density at radius 2 is 1.35 bits per heavy atom. The lowest BCUT2D eigenvalue weighted by Gasteiger charge is -2.13. The van der Waals surface area contributed by atoms with Crippen LogP contribution in [-0.4, -0.2) is 71.2 Å². The average Bonchev–Trinajstić information content (AvgIpc) is 3.57. The topological polar surface area (TPSA) is 149 Å². The van der Waals surface area contributed by atoms with Gasteiger partial charge in [0, 0.05) is 18.2 Å². The van der Waals surface area contributed by atoms with Crippen LogP contribution in [0.1, 0.15) is 0 Å². The Morgan fingerprint density at radius 1 is 0.882 bits per heavy atom. The number of hydrogen-bond donors (Lipinski definition) is 3. The van der Waals surface area contributed by atoms with E-state index in [1.165, 1.54) is 13.2 Å². The van der Waals surface area contributed by atoms with Gasteiger partial charge in [-0.15, -0.1) is 0 Å². The standard InChI is InChI=1S/C11H14N2O5.C11H16N2O3/c1-16-8-2-3-10(13(14)15)9(6-8)12-7-11-17-4-5-18-11;1-14-8-2-3-9(12)10(6-8)13-7-11-15-4-5-16-11/h2-3,6,11-12H,4-5,7H2,1H3;2-3,6,11,13H,4-5,7,12H2,1H3. The molecule has 2 fully saturated rings. The van der Waals surface area contributed by atoms with E-state index < -0.39 is 4.92 Å². The van der Waals surface area contributed by atoms with Crippen molar-refractivity contribution in [2.24, 2.45) is 0 Å². The molecule has 0 amide bonds. The molecule has 2 heterocycles. The molecule has 0 aliphatic carbocycles. The van der Waals surface area contributed by atoms with Crippen LogP contribution in [0.25, 0.3) is 0 Å². The summed E-state index contributed by atoms with van der Waals surface area (Å²) in [5.74, 6) is 1.32. The molecule has 2 aromatic rings. The van der Waals surface area contributed by atoms with Gasteiger partial charge in [0.1, 0.15) is 17.2 Å². The van der Waals surface area contributed by atoms with Gasteiger partial charge in [0.15, 0.2) is 12.6 Å². The summed E-state index contributed by atoms with van der Waals surface area (Å²) < 4.78 is 31.3. The van der Waals surface area contributed by atoms with E-state index in [2.05, 4.69) is 10.6 Å². The van der Waals surface area contributed by atoms with Crippen molar-refractivity contribution in [3.05, 3.63) is 46.5 Å². The predicted octanol–water partition coefficient (Wildman–Crippen LogP) is 2.45. The SMILES string of the molecule is COc1ccc(N)c(NCC2OCCO2)c1.COc1ccc([N+](=O)[O-])c(NCC2OCCO2)c1. The Balaban J connectivity index is 0.000000192. The molecular weight excluding hydrogens is 448 g/mol. The van der Waals surface area contributed by atoms with E-state index in [1.54, 1.807) is 25.3 Å². The summed E-state index contributed by atoms with van der Waals surface area (Å²) in [4.78, 5) is 10.4. The Morgan fingerprint density at radius 3 is 1.85 bits per heavy atom. The Hall–Kier alpha value is -3.32. The first-order chi connectivity index (χ1) is 16.5. The predicted molar refractivity (Wildman–Crippen MR) is 125 cm³/mol. The molecule has 4 rings (SSSR count). The monoisotopic (exact) mass is 478 g/mol. The van der Waals surface area contributed by atoms with E-state index in [1.807, 2.05) is 12.1 Å². The summed E-state index contributed by atoms with van der Waals surface area (Å²) in [5, 5.41) is 17.0. The molecule has 0 radical (unpaired) electrons. The number of nitro benzene ring substituents is 1. The van der Waals surface area contributed by atoms with Crippen LogP contribution in [0.2, 0.25) is 0 Å². The van der Waals surface area contributed by atoms with Crippen molar-refractivity contribution in [2.45, 2.75) is 12.6 Å². The Kier molecular flexibility index (Phi) is 9.52. The molecule has 12 nitrogen and oxygen atoms in total. The van der Waals surface area contributed by atoms with E-state index in [-0.39, 0.29) is 18.3 Å². The number of benzene rings is 2. The maximum absolute atomic E-state index is 10.9. The van der Waals surface area contributed by atoms with Crippen LogP contribution in [0.4, 0.5) is 22.7 Å². The molecule has 0 aromatic heterocycles. The lowest BCUT2D eigenvalue weighted by atomic mass is 10.2. The van der Waals surface area contributed by atoms with Crippen molar-refractivity contribution in [1.82, 2.24) is 0 Å². The van der Waals surface area contributed by atoms with Gasteiger partial charge in [-0.3, -0.25) is 10.1 Å². The first kappa shape index (κ1) is 25.3. The van der Waals surface area contributed by atoms with E-state index in [9.17, 15) is 10.1 Å². The normalized spacial score (nSPS) is 15.9. The second-order valence-corrected chi connectivity index (χ2v) is 7.20. The minimum absolute atomic E-state index is 0.00574. The Labute approximate surface area is 197 Å². The molecule has 4 N–H and O–H groups in total. The largest absolute Gasteiger partial charge is 0.497 e. The van der Waals surface area contributed by atoms with E-state index in [0.29, 0.717) is 56.6 Å². The highest BCUT2D eigenvalue weighted by atomic mass is 16.7. The first-order valence-corrected chi connectivity index (χ1v) is 10.7. The van der Waals surface area contributed by atoms with Crippen molar-refractivity contribution in [1.29, 1.82) is 0 Å². The molecule has 0 spiro atoms. The van der Waals surface area contributed by atoms with Crippen molar-refractivity contribution < 1.29 is 33.3 Å². The van der Waals surface area contributed by atoms with Crippen molar-refractivity contribution >= 4 is 22.7 Å². The quantitative estimate of drug-likeness (QED) is 0.277. The second kappa shape index (κ2) is 12.8. The summed E-state index contributed by atoms with van der Waals surface area (Å²) in [6.45, 7) is 3.34. The highest BCUT2D eigenvalue weighted by Gasteiger charge is 2.19. The van der Waals surface area contributed by atoms with Crippen LogP contribution < -0.4 is 25.8 Å². The highest BCUT2D eigenvalue weighted by molar-refractivity contribution is 5.68. The zero-order valence-corrected chi connectivity index (χ0v) is 19.2. The number of nitrogen functional groups attached to an aromatic ring is 1. The van der Waals surface area contributed by atoms with Gasteiger partial charge in [-0.1, -0.05) is 0 Å². The van der Waals surface area contributed by atoms with Gasteiger partial charge in [-0.2, -0.15) is 0 Å². The molecular formula is C22H30N4O8. The number of nitrogens with two attached hydrogens (primary N) is 1. The van der Waals surface area contributed by atoms with Gasteiger partial charge in [-0.25, -0.2) is 0 Å². The maximum Gasteiger partial charge on any atom is 0.292 e. The molecule has 0 atom stereocenters. The molecule has 2 aliphatic rings. The highest BCUT2D eigenvalue weighted by Crippen LogP contribution is 2.29. The number of nitrogens with one attached hydrogen (secondary N) is 2. The molecule has 2 saturated heterocycles. The van der Waals surface area contributed by atoms with E-state index in [4.69, 9.17) is 34.2 Å². The van der Waals surface area contributed by atoms with Crippen molar-refractivity contribution in [3.8, 4) is 11.5 Å². The lowest BCUT2D eigenvalue weighted by Crippen LogP contribution is -2.20. The van der Waals surface area contributed by atoms with E-state index in [0.717, 1.165) is 11.4 Å². The number of rotatable bonds is 9. The minimum Gasteiger partial charge on any atom is -0.497 e. The molecule has 12 heteroatoms. The van der Waals surface area contributed by atoms with E-state index >= 15 is 0 Å². The maximum atomic E-state index is 10.9. The summed E-state index contributed by atoms with van der Waals surface area (Å²) >= 11 is 0. The molecule has 0 saturated carbocycles. The third-order valence-corrected chi connectivity index (χ3v) is 4.96. The number of ether oxygens (including phenoxy) is 6. The van der Waals surface area contributed by atoms with Crippen molar-refractivity contribution in [2.75, 3.05) is 70.1 Å². The second-order valence-electron chi connectivity index (χ2n) is 7.20. The number of nitrogens with zero attached hydrogens (tertiary/aromatic N) is 1. The van der Waals surface area contributed by atoms with Crippen LogP contribution in [0, 0.1) is 10.1 Å². The molecule has 186 valence electrons. The smallest absolute Gasteiger partial charge is 0.292 e. The van der Waals surface area contributed by atoms with Gasteiger partial charge in [0.05, 0.1) is 70.0 Å². The van der Waals surface area contributed by atoms with Crippen LogP contribution in [0.15, 0.2) is 36.4 Å². The van der Waals surface area contributed by atoms with Crippen LogP contribution in [-0.2, 0) is 18.9 Å².